The lowest BCUT2D eigenvalue weighted by atomic mass is 9.96. The molecule has 1 aromatic heterocycles. The predicted octanol–water partition coefficient (Wildman–Crippen LogP) is 3.42. The molecule has 1 atom stereocenters. The molecule has 1 heterocycles. The molecule has 1 aliphatic rings. The lowest BCUT2D eigenvalue weighted by molar-refractivity contribution is 0.545. The van der Waals surface area contributed by atoms with Crippen LogP contribution < -0.4 is 10.6 Å². The molecule has 4 heteroatoms. The fourth-order valence-corrected chi connectivity index (χ4v) is 2.15. The van der Waals surface area contributed by atoms with Crippen LogP contribution in [0.5, 0.6) is 0 Å². The third-order valence-corrected chi connectivity index (χ3v) is 3.43. The van der Waals surface area contributed by atoms with Crippen LogP contribution in [0.15, 0.2) is 6.07 Å². The van der Waals surface area contributed by atoms with E-state index in [1.54, 1.807) is 0 Å². The maximum Gasteiger partial charge on any atom is 0.138 e. The average molecular weight is 262 g/mol. The van der Waals surface area contributed by atoms with Crippen molar-refractivity contribution in [3.63, 3.8) is 0 Å². The molecule has 0 spiro atoms. The fourth-order valence-electron chi connectivity index (χ4n) is 2.15. The summed E-state index contributed by atoms with van der Waals surface area (Å²) < 4.78 is 0. The van der Waals surface area contributed by atoms with Gasteiger partial charge in [-0.1, -0.05) is 33.6 Å². The van der Waals surface area contributed by atoms with Gasteiger partial charge in [0.25, 0.3) is 0 Å². The predicted molar refractivity (Wildman–Crippen MR) is 80.7 cm³/mol. The highest BCUT2D eigenvalue weighted by molar-refractivity contribution is 5.48. The Morgan fingerprint density at radius 2 is 1.89 bits per heavy atom. The lowest BCUT2D eigenvalue weighted by Gasteiger charge is -2.20. The number of anilines is 2. The number of nitrogens with one attached hydrogen (secondary N) is 2. The van der Waals surface area contributed by atoms with Crippen molar-refractivity contribution in [3.8, 4) is 0 Å². The smallest absolute Gasteiger partial charge is 0.138 e. The first-order chi connectivity index (χ1) is 8.88. The van der Waals surface area contributed by atoms with Gasteiger partial charge in [-0.05, 0) is 19.3 Å². The number of nitrogens with zero attached hydrogens (tertiary/aromatic N) is 2. The van der Waals surface area contributed by atoms with E-state index in [0.29, 0.717) is 6.04 Å². The Bertz CT molecular complexity index is 432. The van der Waals surface area contributed by atoms with Gasteiger partial charge in [-0.25, -0.2) is 9.97 Å². The summed E-state index contributed by atoms with van der Waals surface area (Å²) in [6.45, 7) is 8.65. The normalized spacial score (nSPS) is 17.1. The number of rotatable bonds is 5. The van der Waals surface area contributed by atoms with Crippen LogP contribution in [-0.4, -0.2) is 23.1 Å². The second-order valence-corrected chi connectivity index (χ2v) is 6.69. The van der Waals surface area contributed by atoms with Gasteiger partial charge in [0, 0.05) is 24.6 Å². The minimum absolute atomic E-state index is 0.0387. The van der Waals surface area contributed by atoms with Crippen molar-refractivity contribution in [1.29, 1.82) is 0 Å². The zero-order valence-corrected chi connectivity index (χ0v) is 12.7. The van der Waals surface area contributed by atoms with E-state index in [2.05, 4.69) is 48.3 Å². The summed E-state index contributed by atoms with van der Waals surface area (Å²) in [6.07, 6.45) is 4.03. The molecule has 1 saturated carbocycles. The highest BCUT2D eigenvalue weighted by Crippen LogP contribution is 2.34. The van der Waals surface area contributed by atoms with E-state index < -0.39 is 0 Å². The molecule has 19 heavy (non-hydrogen) atoms. The number of aromatic nitrogens is 2. The number of hydrogen-bond donors (Lipinski definition) is 2. The van der Waals surface area contributed by atoms with Gasteiger partial charge in [-0.2, -0.15) is 0 Å². The highest BCUT2D eigenvalue weighted by atomic mass is 15.1. The van der Waals surface area contributed by atoms with E-state index in [4.69, 9.17) is 0 Å². The van der Waals surface area contributed by atoms with Gasteiger partial charge in [0.2, 0.25) is 0 Å². The van der Waals surface area contributed by atoms with Gasteiger partial charge in [-0.15, -0.1) is 0 Å². The fraction of sp³-hybridized carbons (Fsp3) is 0.733. The molecule has 106 valence electrons. The van der Waals surface area contributed by atoms with Crippen molar-refractivity contribution in [2.75, 3.05) is 17.7 Å². The van der Waals surface area contributed by atoms with Crippen LogP contribution in [0.2, 0.25) is 0 Å². The van der Waals surface area contributed by atoms with E-state index >= 15 is 0 Å². The van der Waals surface area contributed by atoms with E-state index in [-0.39, 0.29) is 5.41 Å². The topological polar surface area (TPSA) is 49.8 Å². The molecule has 0 amide bonds. The largest absolute Gasteiger partial charge is 0.373 e. The lowest BCUT2D eigenvalue weighted by Crippen LogP contribution is -2.21. The molecular weight excluding hydrogens is 236 g/mol. The maximum atomic E-state index is 4.66. The first-order valence-electron chi connectivity index (χ1n) is 7.22. The number of hydrogen-bond acceptors (Lipinski definition) is 4. The van der Waals surface area contributed by atoms with E-state index in [9.17, 15) is 0 Å². The molecule has 0 aromatic carbocycles. The molecule has 1 aromatic rings. The standard InChI is InChI=1S/C15H26N4/c1-10(8-11-6-7-11)17-13-9-12(16-5)18-14(19-13)15(2,3)4/h9-11H,6-8H2,1-5H3,(H2,16,17,18,19). The molecule has 2 rings (SSSR count). The minimum Gasteiger partial charge on any atom is -0.373 e. The van der Waals surface area contributed by atoms with Crippen molar-refractivity contribution < 1.29 is 0 Å². The molecular formula is C15H26N4. The van der Waals surface area contributed by atoms with Gasteiger partial charge in [-0.3, -0.25) is 0 Å². The highest BCUT2D eigenvalue weighted by Gasteiger charge is 2.24. The monoisotopic (exact) mass is 262 g/mol. The average Bonchev–Trinajstić information content (AvgIpc) is 3.11. The molecule has 0 aliphatic heterocycles. The summed E-state index contributed by atoms with van der Waals surface area (Å²) in [5.41, 5.74) is -0.0387. The van der Waals surface area contributed by atoms with Crippen molar-refractivity contribution >= 4 is 11.6 Å². The Kier molecular flexibility index (Phi) is 3.97. The van der Waals surface area contributed by atoms with Crippen LogP contribution in [0.25, 0.3) is 0 Å². The second kappa shape index (κ2) is 5.35. The molecule has 4 nitrogen and oxygen atoms in total. The summed E-state index contributed by atoms with van der Waals surface area (Å²) in [7, 11) is 1.90. The van der Waals surface area contributed by atoms with E-state index in [0.717, 1.165) is 23.4 Å². The summed E-state index contributed by atoms with van der Waals surface area (Å²) in [5, 5.41) is 6.62. The third kappa shape index (κ3) is 4.08. The van der Waals surface area contributed by atoms with Crippen LogP contribution in [0, 0.1) is 5.92 Å². The van der Waals surface area contributed by atoms with Crippen molar-refractivity contribution in [1.82, 2.24) is 9.97 Å². The third-order valence-electron chi connectivity index (χ3n) is 3.43. The summed E-state index contributed by atoms with van der Waals surface area (Å²) in [4.78, 5) is 9.20. The maximum absolute atomic E-state index is 4.66. The van der Waals surface area contributed by atoms with Crippen LogP contribution in [-0.2, 0) is 5.41 Å². The molecule has 0 bridgehead atoms. The second-order valence-electron chi connectivity index (χ2n) is 6.69. The van der Waals surface area contributed by atoms with E-state index in [1.165, 1.54) is 19.3 Å². The minimum atomic E-state index is -0.0387. The Morgan fingerprint density at radius 1 is 1.26 bits per heavy atom. The van der Waals surface area contributed by atoms with Crippen molar-refractivity contribution in [2.24, 2.45) is 5.92 Å². The molecule has 0 radical (unpaired) electrons. The quantitative estimate of drug-likeness (QED) is 0.853. The van der Waals surface area contributed by atoms with Gasteiger partial charge >= 0.3 is 0 Å². The SMILES string of the molecule is CNc1cc(NC(C)CC2CC2)nc(C(C)(C)C)n1. The first-order valence-corrected chi connectivity index (χ1v) is 7.22. The first kappa shape index (κ1) is 14.1. The zero-order chi connectivity index (χ0) is 14.0. The van der Waals surface area contributed by atoms with Gasteiger partial charge in [0.1, 0.15) is 17.5 Å². The molecule has 2 N–H and O–H groups in total. The summed E-state index contributed by atoms with van der Waals surface area (Å²) >= 11 is 0. The van der Waals surface area contributed by atoms with Gasteiger partial charge in [0.15, 0.2) is 0 Å². The van der Waals surface area contributed by atoms with Crippen LogP contribution in [0.4, 0.5) is 11.6 Å². The Labute approximate surface area is 116 Å². The molecule has 1 fully saturated rings. The van der Waals surface area contributed by atoms with Gasteiger partial charge in [0.05, 0.1) is 0 Å². The zero-order valence-electron chi connectivity index (χ0n) is 12.7. The molecule has 1 aliphatic carbocycles. The summed E-state index contributed by atoms with van der Waals surface area (Å²) in [5.74, 6) is 3.61. The Hall–Kier alpha value is -1.32. The van der Waals surface area contributed by atoms with Gasteiger partial charge < -0.3 is 10.6 Å². The Morgan fingerprint density at radius 3 is 2.42 bits per heavy atom. The molecule has 0 saturated heterocycles. The van der Waals surface area contributed by atoms with E-state index in [1.807, 2.05) is 13.1 Å². The van der Waals surface area contributed by atoms with Crippen LogP contribution in [0.1, 0.15) is 52.8 Å². The van der Waals surface area contributed by atoms with Crippen LogP contribution in [0.3, 0.4) is 0 Å². The molecule has 1 unspecified atom stereocenters. The van der Waals surface area contributed by atoms with Crippen LogP contribution >= 0.6 is 0 Å². The van der Waals surface area contributed by atoms with Crippen molar-refractivity contribution in [3.05, 3.63) is 11.9 Å². The summed E-state index contributed by atoms with van der Waals surface area (Å²) in [6, 6.07) is 2.46. The van der Waals surface area contributed by atoms with Crippen molar-refractivity contribution in [2.45, 2.75) is 58.4 Å². The Balaban J connectivity index is 2.13.